The number of rotatable bonds is 6. The normalized spacial score (nSPS) is 13.3. The molecule has 0 saturated carbocycles. The molecule has 0 bridgehead atoms. The first kappa shape index (κ1) is 22.6. The second kappa shape index (κ2) is 9.58. The van der Waals surface area contributed by atoms with Crippen LogP contribution in [0, 0.1) is 6.92 Å². The van der Waals surface area contributed by atoms with Gasteiger partial charge in [0.05, 0.1) is 22.3 Å². The topological polar surface area (TPSA) is 89.4 Å². The predicted octanol–water partition coefficient (Wildman–Crippen LogP) is 4.34. The number of esters is 1. The maximum atomic E-state index is 13.1. The summed E-state index contributed by atoms with van der Waals surface area (Å²) in [6, 6.07) is 19.0. The van der Waals surface area contributed by atoms with Crippen LogP contribution in [0.1, 0.15) is 28.9 Å². The molecule has 8 nitrogen and oxygen atoms in total. The average molecular weight is 470 g/mol. The van der Waals surface area contributed by atoms with Crippen molar-refractivity contribution < 1.29 is 14.3 Å². The average Bonchev–Trinajstić information content (AvgIpc) is 3.51. The molecular formula is C27H27N5O3. The molecule has 4 aromatic rings. The molecular weight excluding hydrogens is 442 g/mol. The monoisotopic (exact) mass is 469 g/mol. The van der Waals surface area contributed by atoms with Crippen LogP contribution < -0.4 is 10.2 Å². The molecule has 3 heterocycles. The minimum atomic E-state index is -0.592. The summed E-state index contributed by atoms with van der Waals surface area (Å²) in [6.07, 6.45) is 2.41. The van der Waals surface area contributed by atoms with Gasteiger partial charge in [-0.25, -0.2) is 9.78 Å². The van der Waals surface area contributed by atoms with E-state index in [0.717, 1.165) is 24.3 Å². The molecule has 1 aliphatic rings. The van der Waals surface area contributed by atoms with E-state index in [4.69, 9.17) is 9.72 Å². The Morgan fingerprint density at radius 1 is 1.03 bits per heavy atom. The number of carbonyl (C=O) groups excluding carboxylic acids is 2. The maximum Gasteiger partial charge on any atom is 0.339 e. The van der Waals surface area contributed by atoms with Gasteiger partial charge in [-0.2, -0.15) is 5.10 Å². The van der Waals surface area contributed by atoms with Crippen molar-refractivity contribution in [2.24, 2.45) is 7.05 Å². The highest BCUT2D eigenvalue weighted by atomic mass is 16.5. The smallest absolute Gasteiger partial charge is 0.339 e. The van der Waals surface area contributed by atoms with Crippen molar-refractivity contribution in [1.29, 1.82) is 0 Å². The third kappa shape index (κ3) is 4.73. The van der Waals surface area contributed by atoms with Crippen LogP contribution >= 0.6 is 0 Å². The van der Waals surface area contributed by atoms with Gasteiger partial charge in [-0.1, -0.05) is 30.3 Å². The third-order valence-electron chi connectivity index (χ3n) is 6.21. The summed E-state index contributed by atoms with van der Waals surface area (Å²) >= 11 is 0. The molecule has 1 fully saturated rings. The van der Waals surface area contributed by atoms with Crippen LogP contribution in [0.3, 0.4) is 0 Å². The molecule has 35 heavy (non-hydrogen) atoms. The van der Waals surface area contributed by atoms with Crippen molar-refractivity contribution >= 4 is 34.3 Å². The molecule has 1 N–H and O–H groups in total. The molecule has 2 aromatic heterocycles. The van der Waals surface area contributed by atoms with Gasteiger partial charge in [0.2, 0.25) is 0 Å². The van der Waals surface area contributed by atoms with E-state index in [-0.39, 0.29) is 0 Å². The molecule has 0 atom stereocenters. The quantitative estimate of drug-likeness (QED) is 0.423. The minimum absolute atomic E-state index is 0.335. The molecule has 8 heteroatoms. The summed E-state index contributed by atoms with van der Waals surface area (Å²) in [5.74, 6) is -0.992. The first-order valence-electron chi connectivity index (χ1n) is 11.7. The van der Waals surface area contributed by atoms with Crippen LogP contribution in [0.5, 0.6) is 0 Å². The van der Waals surface area contributed by atoms with Crippen LogP contribution in [0.15, 0.2) is 60.7 Å². The van der Waals surface area contributed by atoms with Crippen LogP contribution in [0.25, 0.3) is 22.3 Å². The van der Waals surface area contributed by atoms with Gasteiger partial charge in [-0.15, -0.1) is 0 Å². The van der Waals surface area contributed by atoms with E-state index in [9.17, 15) is 9.59 Å². The van der Waals surface area contributed by atoms with E-state index in [1.165, 1.54) is 12.8 Å². The highest BCUT2D eigenvalue weighted by molar-refractivity contribution is 6.05. The number of aryl methyl sites for hydroxylation is 2. The fourth-order valence-electron chi connectivity index (χ4n) is 4.50. The van der Waals surface area contributed by atoms with Gasteiger partial charge in [0.15, 0.2) is 12.3 Å². The Hall–Kier alpha value is -4.20. The van der Waals surface area contributed by atoms with Gasteiger partial charge in [-0.3, -0.25) is 9.48 Å². The Morgan fingerprint density at radius 3 is 2.46 bits per heavy atom. The highest BCUT2D eigenvalue weighted by Gasteiger charge is 2.21. The number of anilines is 2. The van der Waals surface area contributed by atoms with E-state index in [0.29, 0.717) is 33.7 Å². The standard InChI is InChI=1S/C27H27N5O3/c1-18-25-22(16-23(19-8-4-3-5-9-19)29-26(25)31(2)30-18)27(34)35-17-24(33)28-20-10-12-21(13-11-20)32-14-6-7-15-32/h3-5,8-13,16H,6-7,14-15,17H2,1-2H3,(H,28,33). The van der Waals surface area contributed by atoms with Gasteiger partial charge in [0.25, 0.3) is 5.91 Å². The number of pyridine rings is 1. The van der Waals surface area contributed by atoms with Crippen molar-refractivity contribution in [2.45, 2.75) is 19.8 Å². The Labute approximate surface area is 203 Å². The van der Waals surface area contributed by atoms with Crippen molar-refractivity contribution in [3.63, 3.8) is 0 Å². The van der Waals surface area contributed by atoms with Crippen LogP contribution in [-0.2, 0) is 16.6 Å². The lowest BCUT2D eigenvalue weighted by Gasteiger charge is -2.17. The number of ether oxygens (including phenoxy) is 1. The van der Waals surface area contributed by atoms with E-state index in [2.05, 4.69) is 15.3 Å². The van der Waals surface area contributed by atoms with Gasteiger partial charge >= 0.3 is 5.97 Å². The second-order valence-corrected chi connectivity index (χ2v) is 8.69. The third-order valence-corrected chi connectivity index (χ3v) is 6.21. The van der Waals surface area contributed by atoms with Gasteiger partial charge in [0, 0.05) is 37.1 Å². The Balaban J connectivity index is 1.30. The number of hydrogen-bond donors (Lipinski definition) is 1. The Morgan fingerprint density at radius 2 is 1.74 bits per heavy atom. The van der Waals surface area contributed by atoms with Crippen LogP contribution in [-0.4, -0.2) is 46.3 Å². The SMILES string of the molecule is Cc1nn(C)c2nc(-c3ccccc3)cc(C(=O)OCC(=O)Nc3ccc(N4CCCC4)cc3)c12. The lowest BCUT2D eigenvalue weighted by molar-refractivity contribution is -0.119. The van der Waals surface area contributed by atoms with Gasteiger partial charge in [-0.05, 0) is 50.1 Å². The lowest BCUT2D eigenvalue weighted by atomic mass is 10.1. The second-order valence-electron chi connectivity index (χ2n) is 8.69. The number of aromatic nitrogens is 3. The number of amides is 1. The number of nitrogens with one attached hydrogen (secondary N) is 1. The molecule has 1 aliphatic heterocycles. The molecule has 178 valence electrons. The highest BCUT2D eigenvalue weighted by Crippen LogP contribution is 2.27. The number of carbonyl (C=O) groups is 2. The maximum absolute atomic E-state index is 13.1. The largest absolute Gasteiger partial charge is 0.452 e. The molecule has 2 aromatic carbocycles. The Bertz CT molecular complexity index is 1370. The summed E-state index contributed by atoms with van der Waals surface area (Å²) in [5.41, 5.74) is 4.90. The summed E-state index contributed by atoms with van der Waals surface area (Å²) < 4.78 is 7.05. The number of fused-ring (bicyclic) bond motifs is 1. The zero-order valence-electron chi connectivity index (χ0n) is 19.8. The van der Waals surface area contributed by atoms with Crippen molar-refractivity contribution in [1.82, 2.24) is 14.8 Å². The van der Waals surface area contributed by atoms with E-state index >= 15 is 0 Å². The fourth-order valence-corrected chi connectivity index (χ4v) is 4.50. The summed E-state index contributed by atoms with van der Waals surface area (Å²) in [4.78, 5) is 32.6. The van der Waals surface area contributed by atoms with Gasteiger partial charge in [0.1, 0.15) is 0 Å². The summed E-state index contributed by atoms with van der Waals surface area (Å²) in [7, 11) is 1.79. The minimum Gasteiger partial charge on any atom is -0.452 e. The number of nitrogens with zero attached hydrogens (tertiary/aromatic N) is 4. The predicted molar refractivity (Wildman–Crippen MR) is 135 cm³/mol. The first-order valence-corrected chi connectivity index (χ1v) is 11.7. The molecule has 0 radical (unpaired) electrons. The molecule has 0 unspecified atom stereocenters. The number of hydrogen-bond acceptors (Lipinski definition) is 6. The van der Waals surface area contributed by atoms with E-state index < -0.39 is 18.5 Å². The number of benzene rings is 2. The zero-order valence-corrected chi connectivity index (χ0v) is 19.8. The lowest BCUT2D eigenvalue weighted by Crippen LogP contribution is -2.21. The zero-order chi connectivity index (χ0) is 24.4. The summed E-state index contributed by atoms with van der Waals surface area (Å²) in [5, 5.41) is 7.83. The molecule has 1 saturated heterocycles. The summed E-state index contributed by atoms with van der Waals surface area (Å²) in [6.45, 7) is 3.55. The van der Waals surface area contributed by atoms with E-state index in [1.807, 2.05) is 61.5 Å². The van der Waals surface area contributed by atoms with Crippen molar-refractivity contribution in [2.75, 3.05) is 29.9 Å². The van der Waals surface area contributed by atoms with E-state index in [1.54, 1.807) is 17.8 Å². The Kier molecular flexibility index (Phi) is 6.18. The van der Waals surface area contributed by atoms with Crippen molar-refractivity contribution in [3.05, 3.63) is 71.9 Å². The molecule has 0 aliphatic carbocycles. The first-order chi connectivity index (χ1) is 17.0. The molecule has 0 spiro atoms. The van der Waals surface area contributed by atoms with Crippen LogP contribution in [0.4, 0.5) is 11.4 Å². The van der Waals surface area contributed by atoms with Crippen molar-refractivity contribution in [3.8, 4) is 11.3 Å². The molecule has 1 amide bonds. The fraction of sp³-hybridized carbons (Fsp3) is 0.259. The van der Waals surface area contributed by atoms with Crippen LogP contribution in [0.2, 0.25) is 0 Å². The molecule has 5 rings (SSSR count). The van der Waals surface area contributed by atoms with Gasteiger partial charge < -0.3 is 15.0 Å².